The predicted molar refractivity (Wildman–Crippen MR) is 70.2 cm³/mol. The summed E-state index contributed by atoms with van der Waals surface area (Å²) in [6.07, 6.45) is 0. The third kappa shape index (κ3) is 3.21. The maximum absolute atomic E-state index is 11.9. The summed E-state index contributed by atoms with van der Waals surface area (Å²) >= 11 is 0. The number of esters is 1. The number of carbonyl (C=O) groups is 2. The number of amides is 2. The second-order valence-electron chi connectivity index (χ2n) is 5.27. The van der Waals surface area contributed by atoms with Crippen LogP contribution in [0.3, 0.4) is 0 Å². The first kappa shape index (κ1) is 13.3. The van der Waals surface area contributed by atoms with Gasteiger partial charge in [-0.3, -0.25) is 4.90 Å². The third-order valence-electron chi connectivity index (χ3n) is 2.48. The Labute approximate surface area is 111 Å². The molecule has 0 saturated carbocycles. The van der Waals surface area contributed by atoms with Crippen molar-refractivity contribution < 1.29 is 14.3 Å². The molecule has 0 radical (unpaired) electrons. The highest BCUT2D eigenvalue weighted by atomic mass is 16.6. The van der Waals surface area contributed by atoms with Crippen LogP contribution in [0.15, 0.2) is 18.2 Å². The molecular formula is C13H17N3O3. The second kappa shape index (κ2) is 4.87. The molecular weight excluding hydrogens is 246 g/mol. The van der Waals surface area contributed by atoms with E-state index in [-0.39, 0.29) is 11.7 Å². The lowest BCUT2D eigenvalue weighted by Crippen LogP contribution is -2.29. The minimum absolute atomic E-state index is 0.200. The monoisotopic (exact) mass is 263 g/mol. The molecule has 1 aliphatic heterocycles. The van der Waals surface area contributed by atoms with Crippen molar-refractivity contribution in [3.05, 3.63) is 23.9 Å². The molecule has 2 rings (SSSR count). The highest BCUT2D eigenvalue weighted by Gasteiger charge is 2.24. The number of nitrogens with one attached hydrogen (secondary N) is 1. The molecule has 102 valence electrons. The fraction of sp³-hybridized carbons (Fsp3) is 0.462. The van der Waals surface area contributed by atoms with Gasteiger partial charge in [0, 0.05) is 13.1 Å². The summed E-state index contributed by atoms with van der Waals surface area (Å²) in [5.74, 6) is -0.0349. The van der Waals surface area contributed by atoms with Gasteiger partial charge in [0.2, 0.25) is 0 Å². The van der Waals surface area contributed by atoms with E-state index >= 15 is 0 Å². The number of aromatic nitrogens is 1. The number of pyridine rings is 1. The lowest BCUT2D eigenvalue weighted by atomic mass is 10.2. The van der Waals surface area contributed by atoms with Crippen LogP contribution >= 0.6 is 0 Å². The van der Waals surface area contributed by atoms with Crippen LogP contribution in [-0.2, 0) is 4.74 Å². The Hall–Kier alpha value is -2.11. The topological polar surface area (TPSA) is 71.5 Å². The highest BCUT2D eigenvalue weighted by molar-refractivity contribution is 5.94. The van der Waals surface area contributed by atoms with Crippen LogP contribution in [0.2, 0.25) is 0 Å². The Morgan fingerprint density at radius 2 is 2.16 bits per heavy atom. The van der Waals surface area contributed by atoms with Gasteiger partial charge in [-0.2, -0.15) is 0 Å². The lowest BCUT2D eigenvalue weighted by molar-refractivity contribution is 0.00629. The van der Waals surface area contributed by atoms with Gasteiger partial charge in [-0.15, -0.1) is 0 Å². The molecule has 2 amide bonds. The summed E-state index contributed by atoms with van der Waals surface area (Å²) in [7, 11) is 0. The molecule has 0 bridgehead atoms. The summed E-state index contributed by atoms with van der Waals surface area (Å²) in [5.41, 5.74) is -0.369. The third-order valence-corrected chi connectivity index (χ3v) is 2.48. The van der Waals surface area contributed by atoms with Crippen LogP contribution in [0.1, 0.15) is 31.3 Å². The number of hydrogen-bond donors (Lipinski definition) is 1. The van der Waals surface area contributed by atoms with E-state index in [4.69, 9.17) is 4.74 Å². The van der Waals surface area contributed by atoms with E-state index in [1.54, 1.807) is 39.0 Å². The van der Waals surface area contributed by atoms with Crippen molar-refractivity contribution in [1.29, 1.82) is 0 Å². The van der Waals surface area contributed by atoms with Crippen LogP contribution < -0.4 is 10.2 Å². The zero-order chi connectivity index (χ0) is 14.0. The van der Waals surface area contributed by atoms with E-state index in [1.165, 1.54) is 4.90 Å². The van der Waals surface area contributed by atoms with Gasteiger partial charge in [0.05, 0.1) is 0 Å². The van der Waals surface area contributed by atoms with Crippen LogP contribution in [0.4, 0.5) is 10.6 Å². The van der Waals surface area contributed by atoms with Crippen molar-refractivity contribution >= 4 is 17.8 Å². The van der Waals surface area contributed by atoms with E-state index in [0.717, 1.165) is 0 Å². The van der Waals surface area contributed by atoms with Crippen LogP contribution in [0, 0.1) is 0 Å². The molecule has 1 saturated heterocycles. The number of nitrogens with zero attached hydrogens (tertiary/aromatic N) is 2. The van der Waals surface area contributed by atoms with Crippen LogP contribution in [0.25, 0.3) is 0 Å². The fourth-order valence-electron chi connectivity index (χ4n) is 1.71. The van der Waals surface area contributed by atoms with E-state index in [9.17, 15) is 9.59 Å². The number of urea groups is 1. The molecule has 0 unspecified atom stereocenters. The SMILES string of the molecule is CC(C)(C)OC(=O)c1cccc(N2CCNC2=O)n1. The normalized spacial score (nSPS) is 15.3. The van der Waals surface area contributed by atoms with E-state index in [1.807, 2.05) is 0 Å². The summed E-state index contributed by atoms with van der Waals surface area (Å²) in [4.78, 5) is 29.1. The van der Waals surface area contributed by atoms with Crippen LogP contribution in [0.5, 0.6) is 0 Å². The lowest BCUT2D eigenvalue weighted by Gasteiger charge is -2.19. The highest BCUT2D eigenvalue weighted by Crippen LogP contribution is 2.16. The number of ether oxygens (including phenoxy) is 1. The maximum Gasteiger partial charge on any atom is 0.357 e. The van der Waals surface area contributed by atoms with Gasteiger partial charge in [0.25, 0.3) is 0 Å². The van der Waals surface area contributed by atoms with E-state index < -0.39 is 11.6 Å². The Balaban J connectivity index is 2.20. The predicted octanol–water partition coefficient (Wildman–Crippen LogP) is 1.57. The Kier molecular flexibility index (Phi) is 3.42. The first-order valence-electron chi connectivity index (χ1n) is 6.12. The molecule has 1 aliphatic rings. The zero-order valence-corrected chi connectivity index (χ0v) is 11.3. The quantitative estimate of drug-likeness (QED) is 0.822. The van der Waals surface area contributed by atoms with Crippen molar-refractivity contribution in [2.75, 3.05) is 18.0 Å². The molecule has 6 heteroatoms. The standard InChI is InChI=1S/C13H17N3O3/c1-13(2,3)19-11(17)9-5-4-6-10(15-9)16-8-7-14-12(16)18/h4-6H,7-8H2,1-3H3,(H,14,18). The molecule has 0 spiro atoms. The smallest absolute Gasteiger partial charge is 0.357 e. The Bertz CT molecular complexity index is 508. The summed E-state index contributed by atoms with van der Waals surface area (Å²) in [6, 6.07) is 4.76. The van der Waals surface area contributed by atoms with Crippen molar-refractivity contribution in [3.63, 3.8) is 0 Å². The number of hydrogen-bond acceptors (Lipinski definition) is 4. The molecule has 1 aromatic rings. The maximum atomic E-state index is 11.9. The molecule has 1 N–H and O–H groups in total. The molecule has 2 heterocycles. The van der Waals surface area contributed by atoms with Gasteiger partial charge in [0.1, 0.15) is 11.4 Å². The molecule has 1 fully saturated rings. The summed E-state index contributed by atoms with van der Waals surface area (Å²) in [6.45, 7) is 6.51. The van der Waals surface area contributed by atoms with Gasteiger partial charge in [0.15, 0.2) is 5.69 Å². The molecule has 6 nitrogen and oxygen atoms in total. The van der Waals surface area contributed by atoms with E-state index in [0.29, 0.717) is 18.9 Å². The molecule has 0 atom stereocenters. The minimum Gasteiger partial charge on any atom is -0.455 e. The first-order valence-corrected chi connectivity index (χ1v) is 6.12. The Morgan fingerprint density at radius 3 is 2.74 bits per heavy atom. The summed E-state index contributed by atoms with van der Waals surface area (Å²) < 4.78 is 5.25. The first-order chi connectivity index (χ1) is 8.87. The van der Waals surface area contributed by atoms with Crippen molar-refractivity contribution in [1.82, 2.24) is 10.3 Å². The van der Waals surface area contributed by atoms with Gasteiger partial charge in [-0.25, -0.2) is 14.6 Å². The number of anilines is 1. The van der Waals surface area contributed by atoms with E-state index in [2.05, 4.69) is 10.3 Å². The van der Waals surface area contributed by atoms with Crippen LogP contribution in [-0.4, -0.2) is 35.7 Å². The van der Waals surface area contributed by atoms with Gasteiger partial charge < -0.3 is 10.1 Å². The van der Waals surface area contributed by atoms with Gasteiger partial charge >= 0.3 is 12.0 Å². The van der Waals surface area contributed by atoms with Crippen molar-refractivity contribution in [2.45, 2.75) is 26.4 Å². The fourth-order valence-corrected chi connectivity index (χ4v) is 1.71. The van der Waals surface area contributed by atoms with Gasteiger partial charge in [-0.05, 0) is 32.9 Å². The average Bonchev–Trinajstić information content (AvgIpc) is 2.73. The molecule has 0 aliphatic carbocycles. The number of rotatable bonds is 2. The largest absolute Gasteiger partial charge is 0.455 e. The zero-order valence-electron chi connectivity index (χ0n) is 11.3. The van der Waals surface area contributed by atoms with Crippen molar-refractivity contribution in [2.24, 2.45) is 0 Å². The summed E-state index contributed by atoms with van der Waals surface area (Å²) in [5, 5.41) is 2.69. The second-order valence-corrected chi connectivity index (χ2v) is 5.27. The van der Waals surface area contributed by atoms with Gasteiger partial charge in [-0.1, -0.05) is 6.07 Å². The molecule has 0 aromatic carbocycles. The molecule has 19 heavy (non-hydrogen) atoms. The molecule has 1 aromatic heterocycles. The minimum atomic E-state index is -0.570. The van der Waals surface area contributed by atoms with Crippen molar-refractivity contribution in [3.8, 4) is 0 Å². The average molecular weight is 263 g/mol. The number of carbonyl (C=O) groups excluding carboxylic acids is 2. The Morgan fingerprint density at radius 1 is 1.42 bits per heavy atom.